The smallest absolute Gasteiger partial charge is 0.108 e. The summed E-state index contributed by atoms with van der Waals surface area (Å²) < 4.78 is 0. The van der Waals surface area contributed by atoms with Crippen LogP contribution < -0.4 is 5.32 Å². The Morgan fingerprint density at radius 1 is 1.21 bits per heavy atom. The van der Waals surface area contributed by atoms with Gasteiger partial charge in [0.25, 0.3) is 0 Å². The summed E-state index contributed by atoms with van der Waals surface area (Å²) in [6.45, 7) is 7.59. The van der Waals surface area contributed by atoms with Gasteiger partial charge in [0.15, 0.2) is 0 Å². The van der Waals surface area contributed by atoms with Crippen LogP contribution in [0.4, 0.5) is 0 Å². The van der Waals surface area contributed by atoms with Gasteiger partial charge >= 0.3 is 0 Å². The highest BCUT2D eigenvalue weighted by molar-refractivity contribution is 7.12. The standard InChI is InChI=1S/C15H19N3S/c1-12-15(13-5-3-2-4-6-13)17-14(19-12)11-18-9-7-16-8-10-18/h2-6,16H,7-11H2,1H3. The van der Waals surface area contributed by atoms with Crippen molar-refractivity contribution in [1.82, 2.24) is 15.2 Å². The van der Waals surface area contributed by atoms with Crippen molar-refractivity contribution in [1.29, 1.82) is 0 Å². The van der Waals surface area contributed by atoms with Gasteiger partial charge in [0, 0.05) is 36.6 Å². The molecule has 3 rings (SSSR count). The average molecular weight is 273 g/mol. The van der Waals surface area contributed by atoms with Gasteiger partial charge in [-0.05, 0) is 6.92 Å². The zero-order valence-electron chi connectivity index (χ0n) is 11.2. The minimum absolute atomic E-state index is 0.986. The van der Waals surface area contributed by atoms with E-state index >= 15 is 0 Å². The molecule has 0 aliphatic carbocycles. The molecule has 1 aliphatic heterocycles. The molecule has 0 amide bonds. The summed E-state index contributed by atoms with van der Waals surface area (Å²) in [4.78, 5) is 8.62. The first-order chi connectivity index (χ1) is 9.33. The lowest BCUT2D eigenvalue weighted by molar-refractivity contribution is 0.233. The molecule has 0 radical (unpaired) electrons. The molecule has 100 valence electrons. The van der Waals surface area contributed by atoms with E-state index in [-0.39, 0.29) is 0 Å². The predicted molar refractivity (Wildman–Crippen MR) is 80.4 cm³/mol. The highest BCUT2D eigenvalue weighted by Gasteiger charge is 2.14. The van der Waals surface area contributed by atoms with Gasteiger partial charge in [-0.15, -0.1) is 11.3 Å². The van der Waals surface area contributed by atoms with E-state index in [1.807, 2.05) is 17.4 Å². The van der Waals surface area contributed by atoms with Crippen molar-refractivity contribution in [3.05, 3.63) is 40.2 Å². The van der Waals surface area contributed by atoms with Gasteiger partial charge < -0.3 is 5.32 Å². The molecule has 4 heteroatoms. The van der Waals surface area contributed by atoms with Crippen molar-refractivity contribution >= 4 is 11.3 Å². The van der Waals surface area contributed by atoms with Crippen LogP contribution in [0, 0.1) is 6.92 Å². The van der Waals surface area contributed by atoms with Crippen LogP contribution >= 0.6 is 11.3 Å². The van der Waals surface area contributed by atoms with E-state index in [9.17, 15) is 0 Å². The van der Waals surface area contributed by atoms with Crippen LogP contribution in [0.2, 0.25) is 0 Å². The zero-order chi connectivity index (χ0) is 13.1. The minimum Gasteiger partial charge on any atom is -0.314 e. The molecule has 2 aromatic rings. The number of benzene rings is 1. The fourth-order valence-electron chi connectivity index (χ4n) is 2.44. The first-order valence-corrected chi connectivity index (χ1v) is 7.59. The molecule has 1 saturated heterocycles. The Bertz CT molecular complexity index is 530. The number of piperazine rings is 1. The van der Waals surface area contributed by atoms with E-state index in [2.05, 4.69) is 41.4 Å². The van der Waals surface area contributed by atoms with E-state index in [0.29, 0.717) is 0 Å². The second-order valence-corrected chi connectivity index (χ2v) is 6.19. The van der Waals surface area contributed by atoms with E-state index in [1.165, 1.54) is 15.4 Å². The number of hydrogen-bond donors (Lipinski definition) is 1. The number of thiazole rings is 1. The monoisotopic (exact) mass is 273 g/mol. The van der Waals surface area contributed by atoms with Gasteiger partial charge in [-0.1, -0.05) is 30.3 Å². The summed E-state index contributed by atoms with van der Waals surface area (Å²) in [5.74, 6) is 0. The van der Waals surface area contributed by atoms with Crippen LogP contribution in [0.15, 0.2) is 30.3 Å². The lowest BCUT2D eigenvalue weighted by Crippen LogP contribution is -2.42. The van der Waals surface area contributed by atoms with Gasteiger partial charge in [-0.25, -0.2) is 4.98 Å². The van der Waals surface area contributed by atoms with Crippen molar-refractivity contribution in [3.63, 3.8) is 0 Å². The van der Waals surface area contributed by atoms with Crippen LogP contribution in [-0.4, -0.2) is 36.1 Å². The SMILES string of the molecule is Cc1sc(CN2CCNCC2)nc1-c1ccccc1. The first-order valence-electron chi connectivity index (χ1n) is 6.78. The number of hydrogen-bond acceptors (Lipinski definition) is 4. The normalized spacial score (nSPS) is 16.7. The Labute approximate surface area is 118 Å². The summed E-state index contributed by atoms with van der Waals surface area (Å²) in [5.41, 5.74) is 2.37. The molecule has 2 heterocycles. The van der Waals surface area contributed by atoms with E-state index in [0.717, 1.165) is 38.4 Å². The molecule has 1 fully saturated rings. The Kier molecular flexibility index (Phi) is 3.92. The summed E-state index contributed by atoms with van der Waals surface area (Å²) >= 11 is 1.83. The number of nitrogens with zero attached hydrogens (tertiary/aromatic N) is 2. The summed E-state index contributed by atoms with van der Waals surface area (Å²) in [6.07, 6.45) is 0. The maximum atomic E-state index is 4.83. The molecule has 1 N–H and O–H groups in total. The molecule has 0 unspecified atom stereocenters. The summed E-state index contributed by atoms with van der Waals surface area (Å²) in [7, 11) is 0. The molecule has 0 atom stereocenters. The zero-order valence-corrected chi connectivity index (χ0v) is 12.0. The number of rotatable bonds is 3. The van der Waals surface area contributed by atoms with Crippen LogP contribution in [0.5, 0.6) is 0 Å². The van der Waals surface area contributed by atoms with Gasteiger partial charge in [0.1, 0.15) is 5.01 Å². The Morgan fingerprint density at radius 3 is 2.68 bits per heavy atom. The van der Waals surface area contributed by atoms with Gasteiger partial charge in [0.05, 0.1) is 12.2 Å². The van der Waals surface area contributed by atoms with Crippen molar-refractivity contribution < 1.29 is 0 Å². The van der Waals surface area contributed by atoms with Crippen LogP contribution in [-0.2, 0) is 6.54 Å². The highest BCUT2D eigenvalue weighted by Crippen LogP contribution is 2.27. The largest absolute Gasteiger partial charge is 0.314 e. The molecular formula is C15H19N3S. The van der Waals surface area contributed by atoms with E-state index in [1.54, 1.807) is 0 Å². The molecule has 0 saturated carbocycles. The maximum Gasteiger partial charge on any atom is 0.108 e. The second-order valence-electron chi connectivity index (χ2n) is 4.90. The third-order valence-corrected chi connectivity index (χ3v) is 4.41. The molecule has 0 bridgehead atoms. The van der Waals surface area contributed by atoms with Crippen molar-refractivity contribution in [2.75, 3.05) is 26.2 Å². The van der Waals surface area contributed by atoms with Crippen molar-refractivity contribution in [2.45, 2.75) is 13.5 Å². The Hall–Kier alpha value is -1.23. The third-order valence-electron chi connectivity index (χ3n) is 3.46. The fourth-order valence-corrected chi connectivity index (χ4v) is 3.44. The van der Waals surface area contributed by atoms with Crippen LogP contribution in [0.25, 0.3) is 11.3 Å². The molecule has 1 aromatic carbocycles. The third kappa shape index (κ3) is 3.03. The summed E-state index contributed by atoms with van der Waals surface area (Å²) in [5, 5.41) is 4.62. The Morgan fingerprint density at radius 2 is 1.95 bits per heavy atom. The first kappa shape index (κ1) is 12.8. The quantitative estimate of drug-likeness (QED) is 0.931. The second kappa shape index (κ2) is 5.82. The molecule has 19 heavy (non-hydrogen) atoms. The van der Waals surface area contributed by atoms with Crippen molar-refractivity contribution in [2.24, 2.45) is 0 Å². The minimum atomic E-state index is 0.986. The van der Waals surface area contributed by atoms with E-state index < -0.39 is 0 Å². The molecular weight excluding hydrogens is 254 g/mol. The molecule has 1 aliphatic rings. The predicted octanol–water partition coefficient (Wildman–Crippen LogP) is 2.52. The average Bonchev–Trinajstić information content (AvgIpc) is 2.82. The Balaban J connectivity index is 1.77. The van der Waals surface area contributed by atoms with Crippen LogP contribution in [0.3, 0.4) is 0 Å². The van der Waals surface area contributed by atoms with Crippen molar-refractivity contribution in [3.8, 4) is 11.3 Å². The number of nitrogens with one attached hydrogen (secondary N) is 1. The topological polar surface area (TPSA) is 28.2 Å². The van der Waals surface area contributed by atoms with Crippen LogP contribution in [0.1, 0.15) is 9.88 Å². The summed E-state index contributed by atoms with van der Waals surface area (Å²) in [6, 6.07) is 10.5. The lowest BCUT2D eigenvalue weighted by Gasteiger charge is -2.26. The number of aryl methyl sites for hydroxylation is 1. The lowest BCUT2D eigenvalue weighted by atomic mass is 10.1. The molecule has 3 nitrogen and oxygen atoms in total. The number of aromatic nitrogens is 1. The molecule has 0 spiro atoms. The van der Waals surface area contributed by atoms with Gasteiger partial charge in [-0.3, -0.25) is 4.90 Å². The maximum absolute atomic E-state index is 4.83. The molecule has 1 aromatic heterocycles. The van der Waals surface area contributed by atoms with Gasteiger partial charge in [0.2, 0.25) is 0 Å². The highest BCUT2D eigenvalue weighted by atomic mass is 32.1. The van der Waals surface area contributed by atoms with E-state index in [4.69, 9.17) is 4.98 Å². The fraction of sp³-hybridized carbons (Fsp3) is 0.400. The van der Waals surface area contributed by atoms with Gasteiger partial charge in [-0.2, -0.15) is 0 Å².